The third-order valence-corrected chi connectivity index (χ3v) is 6.12. The molecular formula is C23H38IN5O2. The molecular weight excluding hydrogens is 505 g/mol. The molecule has 3 rings (SSSR count). The van der Waals surface area contributed by atoms with Gasteiger partial charge in [-0.1, -0.05) is 18.2 Å². The lowest BCUT2D eigenvalue weighted by atomic mass is 10.2. The van der Waals surface area contributed by atoms with Gasteiger partial charge in [0.2, 0.25) is 5.91 Å². The number of amides is 1. The number of carbonyl (C=O) groups is 1. The van der Waals surface area contributed by atoms with Crippen LogP contribution in [0.4, 0.5) is 0 Å². The normalized spacial score (nSPS) is 19.5. The lowest BCUT2D eigenvalue weighted by Gasteiger charge is -2.39. The standard InChI is InChI=1S/C23H37N5O2.HI/c1-18-9-5-6-10-21(18)30-19(2)17-25-23(24-4)28-15-13-26(14-16-28)20(3)22(29)27-11-7-8-12-27;/h5-6,9-10,19-20H,7-8,11-17H2,1-4H3,(H,24,25);1H. The number of nitrogens with one attached hydrogen (secondary N) is 1. The third kappa shape index (κ3) is 6.97. The number of carbonyl (C=O) groups excluding carboxylic acids is 1. The highest BCUT2D eigenvalue weighted by Gasteiger charge is 2.30. The van der Waals surface area contributed by atoms with Gasteiger partial charge in [-0.15, -0.1) is 24.0 Å². The molecule has 2 saturated heterocycles. The molecule has 1 N–H and O–H groups in total. The second-order valence-corrected chi connectivity index (χ2v) is 8.35. The predicted molar refractivity (Wildman–Crippen MR) is 136 cm³/mol. The van der Waals surface area contributed by atoms with Crippen LogP contribution in [0.2, 0.25) is 0 Å². The number of aryl methyl sites for hydroxylation is 1. The van der Waals surface area contributed by atoms with Crippen LogP contribution in [-0.4, -0.2) is 91.6 Å². The zero-order valence-corrected chi connectivity index (χ0v) is 21.7. The molecule has 7 nitrogen and oxygen atoms in total. The SMILES string of the molecule is CN=C(NCC(C)Oc1ccccc1C)N1CCN(C(C)C(=O)N2CCCC2)CC1.I. The number of benzene rings is 1. The van der Waals surface area contributed by atoms with Crippen LogP contribution in [0.1, 0.15) is 32.3 Å². The minimum atomic E-state index is -0.0391. The molecule has 31 heavy (non-hydrogen) atoms. The van der Waals surface area contributed by atoms with E-state index in [2.05, 4.69) is 40.0 Å². The van der Waals surface area contributed by atoms with E-state index in [-0.39, 0.29) is 42.0 Å². The molecule has 1 amide bonds. The van der Waals surface area contributed by atoms with Gasteiger partial charge in [0.25, 0.3) is 0 Å². The van der Waals surface area contributed by atoms with Gasteiger partial charge in [-0.3, -0.25) is 14.7 Å². The number of guanidine groups is 1. The average molecular weight is 543 g/mol. The molecule has 2 aliphatic heterocycles. The lowest BCUT2D eigenvalue weighted by molar-refractivity contribution is -0.135. The van der Waals surface area contributed by atoms with E-state index in [0.717, 1.165) is 69.4 Å². The van der Waals surface area contributed by atoms with Gasteiger partial charge in [-0.25, -0.2) is 0 Å². The van der Waals surface area contributed by atoms with Crippen molar-refractivity contribution in [3.05, 3.63) is 29.8 Å². The fourth-order valence-electron chi connectivity index (χ4n) is 4.19. The van der Waals surface area contributed by atoms with E-state index >= 15 is 0 Å². The van der Waals surface area contributed by atoms with Crippen molar-refractivity contribution in [1.82, 2.24) is 20.0 Å². The van der Waals surface area contributed by atoms with Crippen molar-refractivity contribution in [2.24, 2.45) is 4.99 Å². The molecule has 1 aromatic rings. The van der Waals surface area contributed by atoms with Gasteiger partial charge in [0.1, 0.15) is 11.9 Å². The molecule has 0 aliphatic carbocycles. The molecule has 2 fully saturated rings. The summed E-state index contributed by atoms with van der Waals surface area (Å²) in [6, 6.07) is 8.04. The van der Waals surface area contributed by atoms with E-state index in [1.54, 1.807) is 0 Å². The Morgan fingerprint density at radius 2 is 1.71 bits per heavy atom. The van der Waals surface area contributed by atoms with E-state index in [4.69, 9.17) is 4.74 Å². The van der Waals surface area contributed by atoms with Gasteiger partial charge in [0.15, 0.2) is 5.96 Å². The van der Waals surface area contributed by atoms with Gasteiger partial charge in [0, 0.05) is 46.3 Å². The van der Waals surface area contributed by atoms with Crippen molar-refractivity contribution < 1.29 is 9.53 Å². The summed E-state index contributed by atoms with van der Waals surface area (Å²) in [6.07, 6.45) is 2.31. The van der Waals surface area contributed by atoms with E-state index in [9.17, 15) is 4.79 Å². The Morgan fingerprint density at radius 3 is 2.32 bits per heavy atom. The Morgan fingerprint density at radius 1 is 1.06 bits per heavy atom. The predicted octanol–water partition coefficient (Wildman–Crippen LogP) is 2.58. The fraction of sp³-hybridized carbons (Fsp3) is 0.652. The van der Waals surface area contributed by atoms with Crippen LogP contribution in [0.25, 0.3) is 0 Å². The Kier molecular flexibility index (Phi) is 10.3. The van der Waals surface area contributed by atoms with Crippen molar-refractivity contribution in [2.75, 3.05) is 52.9 Å². The summed E-state index contributed by atoms with van der Waals surface area (Å²) in [5.74, 6) is 2.10. The summed E-state index contributed by atoms with van der Waals surface area (Å²) in [6.45, 7) is 12.2. The second-order valence-electron chi connectivity index (χ2n) is 8.35. The number of ether oxygens (including phenoxy) is 1. The second kappa shape index (κ2) is 12.5. The minimum absolute atomic E-state index is 0. The first kappa shape index (κ1) is 25.7. The number of aliphatic imine (C=N–C) groups is 1. The van der Waals surface area contributed by atoms with Crippen molar-refractivity contribution >= 4 is 35.8 Å². The average Bonchev–Trinajstić information content (AvgIpc) is 3.30. The molecule has 8 heteroatoms. The fourth-order valence-corrected chi connectivity index (χ4v) is 4.19. The minimum Gasteiger partial charge on any atom is -0.489 e. The van der Waals surface area contributed by atoms with Gasteiger partial charge >= 0.3 is 0 Å². The van der Waals surface area contributed by atoms with Crippen molar-refractivity contribution in [1.29, 1.82) is 0 Å². The smallest absolute Gasteiger partial charge is 0.239 e. The van der Waals surface area contributed by atoms with Gasteiger partial charge in [-0.05, 0) is 45.2 Å². The van der Waals surface area contributed by atoms with E-state index in [1.807, 2.05) is 37.1 Å². The molecule has 2 unspecified atom stereocenters. The van der Waals surface area contributed by atoms with Gasteiger partial charge in [-0.2, -0.15) is 0 Å². The molecule has 0 aromatic heterocycles. The molecule has 0 saturated carbocycles. The van der Waals surface area contributed by atoms with Crippen molar-refractivity contribution in [3.8, 4) is 5.75 Å². The molecule has 2 atom stereocenters. The quantitative estimate of drug-likeness (QED) is 0.340. The van der Waals surface area contributed by atoms with E-state index < -0.39 is 0 Å². The number of nitrogens with zero attached hydrogens (tertiary/aromatic N) is 4. The number of halogens is 1. The molecule has 2 aliphatic rings. The summed E-state index contributed by atoms with van der Waals surface area (Å²) >= 11 is 0. The van der Waals surface area contributed by atoms with Crippen LogP contribution >= 0.6 is 24.0 Å². The van der Waals surface area contributed by atoms with Gasteiger partial charge in [0.05, 0.1) is 12.6 Å². The van der Waals surface area contributed by atoms with Crippen LogP contribution in [0.3, 0.4) is 0 Å². The maximum atomic E-state index is 12.7. The highest BCUT2D eigenvalue weighted by atomic mass is 127. The Hall–Kier alpha value is -1.55. The van der Waals surface area contributed by atoms with Crippen LogP contribution < -0.4 is 10.1 Å². The maximum absolute atomic E-state index is 12.7. The summed E-state index contributed by atoms with van der Waals surface area (Å²) in [5, 5.41) is 3.45. The Balaban J connectivity index is 0.00000341. The number of piperazine rings is 1. The van der Waals surface area contributed by atoms with E-state index in [1.165, 1.54) is 0 Å². The number of hydrogen-bond donors (Lipinski definition) is 1. The van der Waals surface area contributed by atoms with Crippen LogP contribution in [-0.2, 0) is 4.79 Å². The number of rotatable bonds is 6. The monoisotopic (exact) mass is 543 g/mol. The summed E-state index contributed by atoms with van der Waals surface area (Å²) < 4.78 is 6.06. The molecule has 0 spiro atoms. The van der Waals surface area contributed by atoms with Gasteiger partial charge < -0.3 is 19.9 Å². The Labute approximate surface area is 204 Å². The topological polar surface area (TPSA) is 60.4 Å². The van der Waals surface area contributed by atoms with Crippen LogP contribution in [0, 0.1) is 6.92 Å². The summed E-state index contributed by atoms with van der Waals surface area (Å²) in [4.78, 5) is 23.7. The van der Waals surface area contributed by atoms with Crippen molar-refractivity contribution in [3.63, 3.8) is 0 Å². The third-order valence-electron chi connectivity index (χ3n) is 6.12. The number of likely N-dealkylation sites (tertiary alicyclic amines) is 1. The number of para-hydroxylation sites is 1. The largest absolute Gasteiger partial charge is 0.489 e. The van der Waals surface area contributed by atoms with E-state index in [0.29, 0.717) is 6.54 Å². The molecule has 2 heterocycles. The highest BCUT2D eigenvalue weighted by Crippen LogP contribution is 2.18. The lowest BCUT2D eigenvalue weighted by Crippen LogP contribution is -2.57. The summed E-state index contributed by atoms with van der Waals surface area (Å²) in [5.41, 5.74) is 1.14. The summed E-state index contributed by atoms with van der Waals surface area (Å²) in [7, 11) is 1.82. The first-order valence-electron chi connectivity index (χ1n) is 11.2. The molecule has 174 valence electrons. The first-order valence-corrected chi connectivity index (χ1v) is 11.2. The Bertz CT molecular complexity index is 730. The van der Waals surface area contributed by atoms with Crippen LogP contribution in [0.5, 0.6) is 5.75 Å². The van der Waals surface area contributed by atoms with Crippen molar-refractivity contribution in [2.45, 2.75) is 45.8 Å². The zero-order valence-electron chi connectivity index (χ0n) is 19.3. The molecule has 0 bridgehead atoms. The molecule has 0 radical (unpaired) electrons. The van der Waals surface area contributed by atoms with Crippen LogP contribution in [0.15, 0.2) is 29.3 Å². The molecule has 1 aromatic carbocycles. The zero-order chi connectivity index (χ0) is 21.5. The number of hydrogen-bond acceptors (Lipinski definition) is 4. The maximum Gasteiger partial charge on any atom is 0.239 e. The first-order chi connectivity index (χ1) is 14.5. The highest BCUT2D eigenvalue weighted by molar-refractivity contribution is 14.0.